The van der Waals surface area contributed by atoms with Crippen molar-refractivity contribution in [1.82, 2.24) is 10.2 Å². The van der Waals surface area contributed by atoms with E-state index in [0.717, 1.165) is 37.3 Å². The average molecular weight is 338 g/mol. The van der Waals surface area contributed by atoms with Crippen LogP contribution in [0, 0.1) is 17.8 Å². The number of benzene rings is 1. The van der Waals surface area contributed by atoms with Crippen LogP contribution in [0.2, 0.25) is 0 Å². The third-order valence-electron chi connectivity index (χ3n) is 7.39. The standard InChI is InChI=1S/C22H30N2O/c25-21(23-22-12-16-9-17(13-22)11-18(10-16)14-22)24-8-4-7-20(15-24)19-5-2-1-3-6-19/h1-3,5-6,16-18,20H,4,7-15H2,(H,23,25)/t16?,17?,18?,20-,22?/m0/s1. The molecule has 1 atom stereocenters. The van der Waals surface area contributed by atoms with E-state index in [0.29, 0.717) is 5.92 Å². The van der Waals surface area contributed by atoms with Crippen LogP contribution < -0.4 is 5.32 Å². The minimum atomic E-state index is 0.130. The molecule has 1 aliphatic heterocycles. The zero-order chi connectivity index (χ0) is 16.9. The van der Waals surface area contributed by atoms with Gasteiger partial charge in [-0.2, -0.15) is 0 Å². The lowest BCUT2D eigenvalue weighted by Crippen LogP contribution is -2.62. The molecule has 2 amide bonds. The first kappa shape index (κ1) is 15.7. The largest absolute Gasteiger partial charge is 0.333 e. The van der Waals surface area contributed by atoms with Gasteiger partial charge in [-0.3, -0.25) is 0 Å². The number of nitrogens with zero attached hydrogens (tertiary/aromatic N) is 1. The smallest absolute Gasteiger partial charge is 0.317 e. The van der Waals surface area contributed by atoms with Crippen molar-refractivity contribution in [3.05, 3.63) is 35.9 Å². The van der Waals surface area contributed by atoms with Crippen molar-refractivity contribution < 1.29 is 4.79 Å². The molecule has 1 heterocycles. The number of nitrogens with one attached hydrogen (secondary N) is 1. The third kappa shape index (κ3) is 2.96. The van der Waals surface area contributed by atoms with Crippen molar-refractivity contribution in [2.24, 2.45) is 17.8 Å². The maximum atomic E-state index is 13.1. The van der Waals surface area contributed by atoms with Gasteiger partial charge in [-0.1, -0.05) is 30.3 Å². The van der Waals surface area contributed by atoms with Gasteiger partial charge < -0.3 is 10.2 Å². The SMILES string of the molecule is O=C(NC12CC3CC(CC(C3)C1)C2)N1CCC[C@H](c2ccccc2)C1. The van der Waals surface area contributed by atoms with E-state index in [9.17, 15) is 4.79 Å². The number of likely N-dealkylation sites (tertiary alicyclic amines) is 1. The number of hydrogen-bond acceptors (Lipinski definition) is 1. The van der Waals surface area contributed by atoms with Crippen molar-refractivity contribution in [2.75, 3.05) is 13.1 Å². The van der Waals surface area contributed by atoms with E-state index in [1.807, 2.05) is 0 Å². The van der Waals surface area contributed by atoms with Crippen LogP contribution in [0.25, 0.3) is 0 Å². The second-order valence-corrected chi connectivity index (χ2v) is 9.32. The molecule has 0 spiro atoms. The number of urea groups is 1. The molecule has 4 bridgehead atoms. The molecule has 25 heavy (non-hydrogen) atoms. The third-order valence-corrected chi connectivity index (χ3v) is 7.39. The summed E-state index contributed by atoms with van der Waals surface area (Å²) in [5, 5.41) is 3.55. The summed E-state index contributed by atoms with van der Waals surface area (Å²) in [6.45, 7) is 1.80. The molecule has 0 aromatic heterocycles. The highest BCUT2D eigenvalue weighted by molar-refractivity contribution is 5.75. The summed E-state index contributed by atoms with van der Waals surface area (Å²) in [5.41, 5.74) is 1.51. The van der Waals surface area contributed by atoms with Gasteiger partial charge in [0, 0.05) is 24.5 Å². The van der Waals surface area contributed by atoms with Crippen LogP contribution >= 0.6 is 0 Å². The maximum absolute atomic E-state index is 13.1. The van der Waals surface area contributed by atoms with E-state index in [1.165, 1.54) is 50.5 Å². The molecule has 1 aromatic carbocycles. The van der Waals surface area contributed by atoms with Gasteiger partial charge in [0.1, 0.15) is 0 Å². The zero-order valence-electron chi connectivity index (χ0n) is 15.1. The van der Waals surface area contributed by atoms with Crippen LogP contribution in [0.5, 0.6) is 0 Å². The quantitative estimate of drug-likeness (QED) is 0.843. The molecular formula is C22H30N2O. The lowest BCUT2D eigenvalue weighted by molar-refractivity contribution is -0.0160. The van der Waals surface area contributed by atoms with Gasteiger partial charge >= 0.3 is 6.03 Å². The molecule has 134 valence electrons. The van der Waals surface area contributed by atoms with Crippen LogP contribution in [0.4, 0.5) is 4.79 Å². The van der Waals surface area contributed by atoms with E-state index in [4.69, 9.17) is 0 Å². The van der Waals surface area contributed by atoms with Crippen molar-refractivity contribution >= 4 is 6.03 Å². The average Bonchev–Trinajstić information content (AvgIpc) is 2.61. The molecule has 1 N–H and O–H groups in total. The maximum Gasteiger partial charge on any atom is 0.317 e. The van der Waals surface area contributed by atoms with Crippen LogP contribution in [-0.4, -0.2) is 29.6 Å². The summed E-state index contributed by atoms with van der Waals surface area (Å²) >= 11 is 0. The highest BCUT2D eigenvalue weighted by atomic mass is 16.2. The second-order valence-electron chi connectivity index (χ2n) is 9.32. The van der Waals surface area contributed by atoms with Crippen molar-refractivity contribution in [3.63, 3.8) is 0 Å². The number of rotatable bonds is 2. The summed E-state index contributed by atoms with van der Waals surface area (Å²) in [7, 11) is 0. The van der Waals surface area contributed by atoms with Crippen molar-refractivity contribution in [2.45, 2.75) is 62.8 Å². The first-order valence-electron chi connectivity index (χ1n) is 10.3. The predicted molar refractivity (Wildman–Crippen MR) is 99.4 cm³/mol. The van der Waals surface area contributed by atoms with Gasteiger partial charge in [-0.15, -0.1) is 0 Å². The lowest BCUT2D eigenvalue weighted by Gasteiger charge is -2.57. The number of piperidine rings is 1. The molecule has 5 aliphatic rings. The molecule has 5 fully saturated rings. The molecule has 3 nitrogen and oxygen atoms in total. The summed E-state index contributed by atoms with van der Waals surface area (Å²) < 4.78 is 0. The summed E-state index contributed by atoms with van der Waals surface area (Å²) in [5.74, 6) is 3.14. The van der Waals surface area contributed by atoms with Gasteiger partial charge in [-0.25, -0.2) is 4.79 Å². The molecular weight excluding hydrogens is 308 g/mol. The van der Waals surface area contributed by atoms with Crippen LogP contribution in [0.3, 0.4) is 0 Å². The Morgan fingerprint density at radius 3 is 2.28 bits per heavy atom. The lowest BCUT2D eigenvalue weighted by atomic mass is 9.53. The van der Waals surface area contributed by atoms with E-state index in [-0.39, 0.29) is 11.6 Å². The molecule has 0 unspecified atom stereocenters. The first-order chi connectivity index (χ1) is 12.2. The summed E-state index contributed by atoms with van der Waals surface area (Å²) in [6, 6.07) is 10.9. The Hall–Kier alpha value is -1.51. The van der Waals surface area contributed by atoms with E-state index < -0.39 is 0 Å². The Bertz CT molecular complexity index is 605. The predicted octanol–water partition coefficient (Wildman–Crippen LogP) is 4.54. The topological polar surface area (TPSA) is 32.3 Å². The summed E-state index contributed by atoms with van der Waals surface area (Å²) in [6.07, 6.45) is 10.3. The number of carbonyl (C=O) groups excluding carboxylic acids is 1. The molecule has 4 aliphatic carbocycles. The monoisotopic (exact) mass is 338 g/mol. The van der Waals surface area contributed by atoms with E-state index >= 15 is 0 Å². The van der Waals surface area contributed by atoms with E-state index in [2.05, 4.69) is 40.5 Å². The Morgan fingerprint density at radius 2 is 1.64 bits per heavy atom. The number of carbonyl (C=O) groups is 1. The van der Waals surface area contributed by atoms with Gasteiger partial charge in [0.15, 0.2) is 0 Å². The van der Waals surface area contributed by atoms with Crippen molar-refractivity contribution in [1.29, 1.82) is 0 Å². The van der Waals surface area contributed by atoms with Crippen LogP contribution in [0.15, 0.2) is 30.3 Å². The molecule has 6 rings (SSSR count). The van der Waals surface area contributed by atoms with Crippen molar-refractivity contribution in [3.8, 4) is 0 Å². The fourth-order valence-electron chi connectivity index (χ4n) is 6.73. The number of amides is 2. The Labute approximate surface area is 151 Å². The van der Waals surface area contributed by atoms with Gasteiger partial charge in [-0.05, 0) is 74.7 Å². The second kappa shape index (κ2) is 6.03. The Kier molecular flexibility index (Phi) is 3.79. The highest BCUT2D eigenvalue weighted by Crippen LogP contribution is 2.55. The van der Waals surface area contributed by atoms with E-state index in [1.54, 1.807) is 0 Å². The van der Waals surface area contributed by atoms with Gasteiger partial charge in [0.05, 0.1) is 0 Å². The van der Waals surface area contributed by atoms with Crippen LogP contribution in [0.1, 0.15) is 62.8 Å². The minimum Gasteiger partial charge on any atom is -0.333 e. The molecule has 4 saturated carbocycles. The molecule has 0 radical (unpaired) electrons. The molecule has 1 saturated heterocycles. The minimum absolute atomic E-state index is 0.130. The highest BCUT2D eigenvalue weighted by Gasteiger charge is 2.51. The summed E-state index contributed by atoms with van der Waals surface area (Å²) in [4.78, 5) is 15.2. The van der Waals surface area contributed by atoms with Gasteiger partial charge in [0.25, 0.3) is 0 Å². The van der Waals surface area contributed by atoms with Crippen LogP contribution in [-0.2, 0) is 0 Å². The number of hydrogen-bond donors (Lipinski definition) is 1. The van der Waals surface area contributed by atoms with Gasteiger partial charge in [0.2, 0.25) is 0 Å². The Morgan fingerprint density at radius 1 is 1.00 bits per heavy atom. The molecule has 3 heteroatoms. The zero-order valence-corrected chi connectivity index (χ0v) is 15.1. The molecule has 1 aromatic rings. The fourth-order valence-corrected chi connectivity index (χ4v) is 6.73. The Balaban J connectivity index is 1.27. The first-order valence-corrected chi connectivity index (χ1v) is 10.3. The fraction of sp³-hybridized carbons (Fsp3) is 0.682. The normalized spacial score (nSPS) is 39.4.